The Kier molecular flexibility index (Phi) is 15.8. The molecule has 2 heterocycles. The Labute approximate surface area is 229 Å². The van der Waals surface area contributed by atoms with Gasteiger partial charge in [-0.2, -0.15) is 0 Å². The molecule has 0 bridgehead atoms. The Hall–Kier alpha value is -2.92. The number of nitrogens with two attached hydrogens (primary N) is 1. The van der Waals surface area contributed by atoms with E-state index in [2.05, 4.69) is 47.1 Å². The number of nitrogens with one attached hydrogen (secondary N) is 1. The summed E-state index contributed by atoms with van der Waals surface area (Å²) < 4.78 is 0. The average Bonchev–Trinajstić information content (AvgIpc) is 2.91. The average molecular weight is 520 g/mol. The van der Waals surface area contributed by atoms with Crippen LogP contribution in [0.25, 0.3) is 10.8 Å². The summed E-state index contributed by atoms with van der Waals surface area (Å²) in [5, 5.41) is 1.55. The molecule has 5 heteroatoms. The molecule has 1 aliphatic carbocycles. The summed E-state index contributed by atoms with van der Waals surface area (Å²) in [5.74, 6) is 1.07. The minimum absolute atomic E-state index is 0.0764. The number of anilines is 1. The van der Waals surface area contributed by atoms with Gasteiger partial charge in [0.05, 0.1) is 0 Å². The van der Waals surface area contributed by atoms with Gasteiger partial charge in [-0.3, -0.25) is 9.69 Å². The van der Waals surface area contributed by atoms with E-state index < -0.39 is 0 Å². The Balaban J connectivity index is 0.000000192. The highest BCUT2D eigenvalue weighted by Gasteiger charge is 2.09. The number of aromatic amines is 1. The van der Waals surface area contributed by atoms with Gasteiger partial charge in [0.1, 0.15) is 6.29 Å². The number of hydrogen-bond acceptors (Lipinski definition) is 4. The Morgan fingerprint density at radius 3 is 2.13 bits per heavy atom. The molecule has 1 aromatic heterocycles. The lowest BCUT2D eigenvalue weighted by molar-refractivity contribution is -0.106. The minimum Gasteiger partial charge on any atom is -0.399 e. The van der Waals surface area contributed by atoms with E-state index >= 15 is 0 Å². The highest BCUT2D eigenvalue weighted by molar-refractivity contribution is 5.84. The van der Waals surface area contributed by atoms with Crippen LogP contribution in [0.4, 0.5) is 5.69 Å². The number of likely N-dealkylation sites (tertiary alicyclic amines) is 1. The predicted octanol–water partition coefficient (Wildman–Crippen LogP) is 7.74. The molecule has 1 aliphatic heterocycles. The molecule has 1 saturated carbocycles. The van der Waals surface area contributed by atoms with Crippen molar-refractivity contribution in [2.45, 2.75) is 91.0 Å². The molecule has 3 N–H and O–H groups in total. The van der Waals surface area contributed by atoms with Gasteiger partial charge in [0, 0.05) is 23.8 Å². The number of rotatable bonds is 3. The Bertz CT molecular complexity index is 1070. The second-order valence-corrected chi connectivity index (χ2v) is 10.3. The summed E-state index contributed by atoms with van der Waals surface area (Å²) in [7, 11) is 0. The molecule has 208 valence electrons. The summed E-state index contributed by atoms with van der Waals surface area (Å²) in [4.78, 5) is 25.2. The lowest BCUT2D eigenvalue weighted by Gasteiger charge is -2.26. The van der Waals surface area contributed by atoms with Gasteiger partial charge >= 0.3 is 0 Å². The number of fused-ring (bicyclic) bond motifs is 1. The molecule has 5 rings (SSSR count). The van der Waals surface area contributed by atoms with Crippen LogP contribution in [0, 0.1) is 5.92 Å². The third-order valence-electron chi connectivity index (χ3n) is 7.30. The van der Waals surface area contributed by atoms with Gasteiger partial charge in [0.2, 0.25) is 0 Å². The van der Waals surface area contributed by atoms with Crippen molar-refractivity contribution in [2.24, 2.45) is 5.92 Å². The van der Waals surface area contributed by atoms with Gasteiger partial charge in [-0.1, -0.05) is 95.0 Å². The second kappa shape index (κ2) is 19.2. The summed E-state index contributed by atoms with van der Waals surface area (Å²) in [5.41, 5.74) is 7.61. The number of nitrogen functional groups attached to an aromatic ring is 1. The first kappa shape index (κ1) is 31.3. The molecular formula is C33H49N3O2. The molecular weight excluding hydrogens is 470 g/mol. The van der Waals surface area contributed by atoms with Crippen LogP contribution in [0.15, 0.2) is 65.6 Å². The van der Waals surface area contributed by atoms with Gasteiger partial charge in [-0.05, 0) is 74.0 Å². The molecule has 2 fully saturated rings. The quantitative estimate of drug-likeness (QED) is 0.274. The fourth-order valence-corrected chi connectivity index (χ4v) is 5.12. The standard InChI is InChI=1S/C12H17N.C10H20.C9H8N2O.C2H4O/c1-3-7-12(8-4-1)11-13-9-5-2-6-10-13;1-2-10-8-6-4-3-5-7-9-10;10-7-1-2-8-6(5-7)3-4-11-9(8)12;1-2-3/h1,3-4,7-8H,2,5-6,9-11H2;10H,2-9H2,1H3;1-5H,10H2,(H,11,12);2H,1H3. The number of H-pyrrole nitrogens is 1. The van der Waals surface area contributed by atoms with Crippen molar-refractivity contribution in [3.8, 4) is 0 Å². The zero-order valence-electron chi connectivity index (χ0n) is 23.7. The first-order chi connectivity index (χ1) is 18.6. The number of carbonyl (C=O) groups is 1. The van der Waals surface area contributed by atoms with Crippen LogP contribution >= 0.6 is 0 Å². The lowest BCUT2D eigenvalue weighted by Crippen LogP contribution is -2.28. The van der Waals surface area contributed by atoms with Crippen molar-refractivity contribution in [1.29, 1.82) is 0 Å². The number of nitrogens with zero attached hydrogens (tertiary/aromatic N) is 1. The first-order valence-electron chi connectivity index (χ1n) is 14.6. The van der Waals surface area contributed by atoms with Crippen LogP contribution in [-0.4, -0.2) is 29.3 Å². The van der Waals surface area contributed by atoms with Gasteiger partial charge in [0.15, 0.2) is 0 Å². The second-order valence-electron chi connectivity index (χ2n) is 10.3. The first-order valence-corrected chi connectivity index (χ1v) is 14.6. The van der Waals surface area contributed by atoms with Crippen molar-refractivity contribution in [3.05, 3.63) is 76.7 Å². The normalized spacial score (nSPS) is 16.3. The number of aromatic nitrogens is 1. The SMILES string of the molecule is CC=O.CCC1CCCCCCC1.Nc1ccc2c(=O)[nH]ccc2c1.c1ccc(CN2CCCCC2)cc1. The number of hydrogen-bond donors (Lipinski definition) is 2. The maximum absolute atomic E-state index is 11.2. The Morgan fingerprint density at radius 1 is 0.895 bits per heavy atom. The number of aldehydes is 1. The molecule has 1 saturated heterocycles. The fraction of sp³-hybridized carbons (Fsp3) is 0.515. The largest absolute Gasteiger partial charge is 0.399 e. The molecule has 0 unspecified atom stereocenters. The van der Waals surface area contributed by atoms with Crippen LogP contribution in [0.1, 0.15) is 90.0 Å². The topological polar surface area (TPSA) is 79.2 Å². The molecule has 38 heavy (non-hydrogen) atoms. The van der Waals surface area contributed by atoms with Crippen molar-refractivity contribution in [1.82, 2.24) is 9.88 Å². The van der Waals surface area contributed by atoms with Crippen molar-refractivity contribution >= 4 is 22.7 Å². The van der Waals surface area contributed by atoms with Gasteiger partial charge in [-0.25, -0.2) is 0 Å². The van der Waals surface area contributed by atoms with Crippen molar-refractivity contribution in [3.63, 3.8) is 0 Å². The van der Waals surface area contributed by atoms with Crippen LogP contribution in [0.5, 0.6) is 0 Å². The van der Waals surface area contributed by atoms with Crippen LogP contribution < -0.4 is 11.3 Å². The van der Waals surface area contributed by atoms with E-state index in [0.29, 0.717) is 11.1 Å². The lowest BCUT2D eigenvalue weighted by atomic mass is 9.90. The molecule has 2 aromatic carbocycles. The van der Waals surface area contributed by atoms with Crippen LogP contribution in [0.3, 0.4) is 0 Å². The number of benzene rings is 2. The molecule has 5 nitrogen and oxygen atoms in total. The predicted molar refractivity (Wildman–Crippen MR) is 162 cm³/mol. The molecule has 0 amide bonds. The zero-order chi connectivity index (χ0) is 27.4. The van der Waals surface area contributed by atoms with Crippen molar-refractivity contribution in [2.75, 3.05) is 18.8 Å². The summed E-state index contributed by atoms with van der Waals surface area (Å²) in [6, 6.07) is 17.8. The molecule has 0 spiro atoms. The summed E-state index contributed by atoms with van der Waals surface area (Å²) >= 11 is 0. The molecule has 3 aromatic rings. The third-order valence-corrected chi connectivity index (χ3v) is 7.30. The van der Waals surface area contributed by atoms with E-state index in [1.165, 1.54) is 96.2 Å². The van der Waals surface area contributed by atoms with E-state index in [-0.39, 0.29) is 5.56 Å². The summed E-state index contributed by atoms with van der Waals surface area (Å²) in [6.45, 7) is 7.50. The minimum atomic E-state index is -0.0764. The molecule has 0 radical (unpaired) electrons. The maximum Gasteiger partial charge on any atom is 0.255 e. The smallest absolute Gasteiger partial charge is 0.255 e. The van der Waals surface area contributed by atoms with Crippen LogP contribution in [0.2, 0.25) is 0 Å². The fourth-order valence-electron chi connectivity index (χ4n) is 5.12. The van der Waals surface area contributed by atoms with E-state index in [9.17, 15) is 4.79 Å². The van der Waals surface area contributed by atoms with E-state index in [1.54, 1.807) is 24.4 Å². The van der Waals surface area contributed by atoms with E-state index in [4.69, 9.17) is 10.5 Å². The monoisotopic (exact) mass is 519 g/mol. The van der Waals surface area contributed by atoms with Gasteiger partial charge < -0.3 is 15.5 Å². The van der Waals surface area contributed by atoms with E-state index in [0.717, 1.165) is 24.1 Å². The maximum atomic E-state index is 11.2. The van der Waals surface area contributed by atoms with Crippen molar-refractivity contribution < 1.29 is 4.79 Å². The number of carbonyl (C=O) groups excluding carboxylic acids is 1. The van der Waals surface area contributed by atoms with Gasteiger partial charge in [0.25, 0.3) is 5.56 Å². The number of pyridine rings is 1. The molecule has 0 atom stereocenters. The highest BCUT2D eigenvalue weighted by atomic mass is 16.1. The summed E-state index contributed by atoms with van der Waals surface area (Å²) in [6.07, 6.45) is 18.5. The highest BCUT2D eigenvalue weighted by Crippen LogP contribution is 2.24. The number of piperidine rings is 1. The zero-order valence-corrected chi connectivity index (χ0v) is 23.7. The van der Waals surface area contributed by atoms with Crippen LogP contribution in [-0.2, 0) is 11.3 Å². The van der Waals surface area contributed by atoms with Gasteiger partial charge in [-0.15, -0.1) is 0 Å². The Morgan fingerprint density at radius 2 is 1.50 bits per heavy atom. The van der Waals surface area contributed by atoms with E-state index in [1.807, 2.05) is 6.07 Å². The third kappa shape index (κ3) is 12.6. The molecule has 2 aliphatic rings.